The number of ether oxygens (including phenoxy) is 1. The minimum Gasteiger partial charge on any atom is -0.504 e. The van der Waals surface area contributed by atoms with Crippen molar-refractivity contribution >= 4 is 0 Å². The van der Waals surface area contributed by atoms with Gasteiger partial charge in [0.2, 0.25) is 17.2 Å². The molecule has 2 aromatic rings. The van der Waals surface area contributed by atoms with E-state index in [1.807, 2.05) is 0 Å². The topological polar surface area (TPSA) is 110 Å². The van der Waals surface area contributed by atoms with Gasteiger partial charge in [-0.3, -0.25) is 0 Å². The molecule has 0 radical (unpaired) electrons. The highest BCUT2D eigenvalue weighted by Crippen LogP contribution is 2.55. The van der Waals surface area contributed by atoms with Crippen LogP contribution < -0.4 is 4.74 Å². The van der Waals surface area contributed by atoms with E-state index in [4.69, 9.17) is 4.74 Å². The lowest BCUT2D eigenvalue weighted by Crippen LogP contribution is -1.86. The standard InChI is InChI=1S/C14H12O6/c15-10-9(11(16)13(18)14(19)12(10)17)7-1-2-8-6(5-7)3-4-20-8/h1-2,5,15-19H,3-4H2. The summed E-state index contributed by atoms with van der Waals surface area (Å²) in [5.41, 5.74) is 1.15. The van der Waals surface area contributed by atoms with Gasteiger partial charge in [-0.15, -0.1) is 0 Å². The number of fused-ring (bicyclic) bond motifs is 1. The minimum atomic E-state index is -0.965. The maximum Gasteiger partial charge on any atom is 0.208 e. The molecule has 0 unspecified atom stereocenters. The summed E-state index contributed by atoms with van der Waals surface area (Å²) in [6, 6.07) is 4.94. The van der Waals surface area contributed by atoms with E-state index in [1.165, 1.54) is 0 Å². The average Bonchev–Trinajstić information content (AvgIpc) is 2.91. The van der Waals surface area contributed by atoms with Crippen LogP contribution in [0.15, 0.2) is 18.2 Å². The first-order valence-electron chi connectivity index (χ1n) is 5.95. The molecule has 6 nitrogen and oxygen atoms in total. The highest BCUT2D eigenvalue weighted by atomic mass is 16.5. The van der Waals surface area contributed by atoms with Crippen LogP contribution in [-0.2, 0) is 6.42 Å². The summed E-state index contributed by atoms with van der Waals surface area (Å²) < 4.78 is 5.35. The van der Waals surface area contributed by atoms with Gasteiger partial charge in [0.15, 0.2) is 11.5 Å². The summed E-state index contributed by atoms with van der Waals surface area (Å²) in [5, 5.41) is 48.2. The van der Waals surface area contributed by atoms with Crippen molar-refractivity contribution in [3.63, 3.8) is 0 Å². The largest absolute Gasteiger partial charge is 0.504 e. The number of phenolic OH excluding ortho intramolecular Hbond substituents is 5. The Morgan fingerprint density at radius 1 is 0.800 bits per heavy atom. The highest BCUT2D eigenvalue weighted by molar-refractivity contribution is 5.85. The summed E-state index contributed by atoms with van der Waals surface area (Å²) in [6.07, 6.45) is 0.695. The zero-order valence-electron chi connectivity index (χ0n) is 10.3. The van der Waals surface area contributed by atoms with E-state index >= 15 is 0 Å². The predicted molar refractivity (Wildman–Crippen MR) is 69.4 cm³/mol. The second-order valence-electron chi connectivity index (χ2n) is 4.54. The third-order valence-electron chi connectivity index (χ3n) is 3.35. The molecular formula is C14H12O6. The van der Waals surface area contributed by atoms with Crippen LogP contribution in [0.2, 0.25) is 0 Å². The molecule has 0 bridgehead atoms. The molecule has 1 aliphatic heterocycles. The molecule has 0 aromatic heterocycles. The number of hydrogen-bond donors (Lipinski definition) is 5. The Bertz CT molecular complexity index is 678. The number of rotatable bonds is 1. The van der Waals surface area contributed by atoms with Crippen LogP contribution in [0.5, 0.6) is 34.5 Å². The molecule has 20 heavy (non-hydrogen) atoms. The zero-order valence-corrected chi connectivity index (χ0v) is 10.3. The van der Waals surface area contributed by atoms with Gasteiger partial charge in [-0.1, -0.05) is 6.07 Å². The molecular weight excluding hydrogens is 264 g/mol. The SMILES string of the molecule is Oc1c(O)c(O)c(-c2ccc3c(c2)CCO3)c(O)c1O. The van der Waals surface area contributed by atoms with Gasteiger partial charge in [0.25, 0.3) is 0 Å². The first kappa shape index (κ1) is 12.3. The van der Waals surface area contributed by atoms with Gasteiger partial charge in [-0.05, 0) is 23.3 Å². The Kier molecular flexibility index (Phi) is 2.53. The molecule has 0 saturated carbocycles. The van der Waals surface area contributed by atoms with E-state index in [2.05, 4.69) is 0 Å². The zero-order chi connectivity index (χ0) is 14.4. The van der Waals surface area contributed by atoms with Crippen LogP contribution in [0.4, 0.5) is 0 Å². The number of aromatic hydroxyl groups is 5. The molecule has 0 saturated heterocycles. The maximum absolute atomic E-state index is 9.87. The lowest BCUT2D eigenvalue weighted by Gasteiger charge is -2.13. The predicted octanol–water partition coefficient (Wildman–Crippen LogP) is 1.82. The Morgan fingerprint density at radius 2 is 1.40 bits per heavy atom. The van der Waals surface area contributed by atoms with Gasteiger partial charge in [-0.2, -0.15) is 0 Å². The molecule has 5 N–H and O–H groups in total. The third kappa shape index (κ3) is 1.58. The second kappa shape index (κ2) is 4.12. The van der Waals surface area contributed by atoms with Crippen molar-refractivity contribution in [1.29, 1.82) is 0 Å². The van der Waals surface area contributed by atoms with Gasteiger partial charge < -0.3 is 30.3 Å². The van der Waals surface area contributed by atoms with Crippen LogP contribution in [0.1, 0.15) is 5.56 Å². The molecule has 2 aromatic carbocycles. The molecule has 104 valence electrons. The molecule has 6 heteroatoms. The van der Waals surface area contributed by atoms with Crippen molar-refractivity contribution in [1.82, 2.24) is 0 Å². The fourth-order valence-corrected chi connectivity index (χ4v) is 2.30. The quantitative estimate of drug-likeness (QED) is 0.401. The Balaban J connectivity index is 2.25. The highest BCUT2D eigenvalue weighted by Gasteiger charge is 2.25. The average molecular weight is 276 g/mol. The van der Waals surface area contributed by atoms with Crippen LogP contribution in [0, 0.1) is 0 Å². The second-order valence-corrected chi connectivity index (χ2v) is 4.54. The van der Waals surface area contributed by atoms with E-state index in [0.29, 0.717) is 18.6 Å². The molecule has 0 fully saturated rings. The van der Waals surface area contributed by atoms with Gasteiger partial charge in [-0.25, -0.2) is 0 Å². The lowest BCUT2D eigenvalue weighted by molar-refractivity contribution is 0.330. The molecule has 1 heterocycles. The van der Waals surface area contributed by atoms with E-state index in [0.717, 1.165) is 11.3 Å². The van der Waals surface area contributed by atoms with Crippen molar-refractivity contribution in [3.05, 3.63) is 23.8 Å². The van der Waals surface area contributed by atoms with Crippen LogP contribution in [0.25, 0.3) is 11.1 Å². The van der Waals surface area contributed by atoms with Gasteiger partial charge >= 0.3 is 0 Å². The Labute approximate surface area is 113 Å². The smallest absolute Gasteiger partial charge is 0.208 e. The van der Waals surface area contributed by atoms with Crippen molar-refractivity contribution in [2.24, 2.45) is 0 Å². The van der Waals surface area contributed by atoms with E-state index in [-0.39, 0.29) is 5.56 Å². The summed E-state index contributed by atoms with van der Waals surface area (Å²) in [6.45, 7) is 0.558. The van der Waals surface area contributed by atoms with Gasteiger partial charge in [0.1, 0.15) is 5.75 Å². The fourth-order valence-electron chi connectivity index (χ4n) is 2.30. The minimum absolute atomic E-state index is 0.146. The first-order chi connectivity index (χ1) is 9.50. The van der Waals surface area contributed by atoms with Crippen LogP contribution >= 0.6 is 0 Å². The normalized spacial score (nSPS) is 13.0. The van der Waals surface area contributed by atoms with E-state index < -0.39 is 28.7 Å². The summed E-state index contributed by atoms with van der Waals surface area (Å²) in [7, 11) is 0. The molecule has 0 spiro atoms. The van der Waals surface area contributed by atoms with E-state index in [1.54, 1.807) is 18.2 Å². The van der Waals surface area contributed by atoms with E-state index in [9.17, 15) is 25.5 Å². The summed E-state index contributed by atoms with van der Waals surface area (Å²) in [5.74, 6) is -3.40. The molecule has 1 aliphatic rings. The fraction of sp³-hybridized carbons (Fsp3) is 0.143. The van der Waals surface area contributed by atoms with Crippen molar-refractivity contribution in [2.45, 2.75) is 6.42 Å². The molecule has 3 rings (SSSR count). The number of hydrogen-bond acceptors (Lipinski definition) is 6. The maximum atomic E-state index is 9.87. The van der Waals surface area contributed by atoms with Gasteiger partial charge in [0, 0.05) is 6.42 Å². The van der Waals surface area contributed by atoms with Crippen molar-refractivity contribution in [3.8, 4) is 45.6 Å². The molecule has 0 amide bonds. The molecule has 0 aliphatic carbocycles. The van der Waals surface area contributed by atoms with Crippen molar-refractivity contribution in [2.75, 3.05) is 6.61 Å². The first-order valence-corrected chi connectivity index (χ1v) is 5.95. The Morgan fingerprint density at radius 3 is 2.05 bits per heavy atom. The van der Waals surface area contributed by atoms with Gasteiger partial charge in [0.05, 0.1) is 12.2 Å². The van der Waals surface area contributed by atoms with Crippen LogP contribution in [-0.4, -0.2) is 32.1 Å². The number of benzene rings is 2. The monoisotopic (exact) mass is 276 g/mol. The Hall–Kier alpha value is -2.76. The summed E-state index contributed by atoms with van der Waals surface area (Å²) in [4.78, 5) is 0. The van der Waals surface area contributed by atoms with Crippen LogP contribution in [0.3, 0.4) is 0 Å². The summed E-state index contributed by atoms with van der Waals surface area (Å²) >= 11 is 0. The molecule has 0 atom stereocenters. The number of phenols is 5. The lowest BCUT2D eigenvalue weighted by atomic mass is 9.99. The van der Waals surface area contributed by atoms with Crippen molar-refractivity contribution < 1.29 is 30.3 Å². The third-order valence-corrected chi connectivity index (χ3v) is 3.35.